The number of benzene rings is 1. The molecule has 0 spiro atoms. The zero-order chi connectivity index (χ0) is 17.5. The molecular formula is C19H18N6S. The molecule has 0 radical (unpaired) electrons. The molecule has 4 aromatic rings. The monoisotopic (exact) mass is 362 g/mol. The molecule has 0 amide bonds. The van der Waals surface area contributed by atoms with Gasteiger partial charge >= 0.3 is 0 Å². The van der Waals surface area contributed by atoms with E-state index in [1.807, 2.05) is 22.3 Å². The molecule has 0 saturated heterocycles. The highest BCUT2D eigenvalue weighted by Gasteiger charge is 2.24. The van der Waals surface area contributed by atoms with Crippen molar-refractivity contribution in [2.75, 3.05) is 6.54 Å². The summed E-state index contributed by atoms with van der Waals surface area (Å²) < 4.78 is 3.27. The second kappa shape index (κ2) is 6.26. The topological polar surface area (TPSA) is 59.7 Å². The molecule has 0 fully saturated rings. The fourth-order valence-corrected chi connectivity index (χ4v) is 4.11. The van der Waals surface area contributed by atoms with Gasteiger partial charge in [0.05, 0.1) is 28.8 Å². The molecule has 1 atom stereocenters. The highest BCUT2D eigenvalue weighted by Crippen LogP contribution is 2.28. The minimum Gasteiger partial charge on any atom is -0.287 e. The molecule has 1 aliphatic rings. The molecule has 3 aromatic heterocycles. The molecule has 0 aliphatic carbocycles. The minimum atomic E-state index is 0.316. The first-order valence-corrected chi connectivity index (χ1v) is 9.57. The van der Waals surface area contributed by atoms with Gasteiger partial charge in [-0.15, -0.1) is 11.3 Å². The average Bonchev–Trinajstić information content (AvgIpc) is 3.33. The van der Waals surface area contributed by atoms with Crippen molar-refractivity contribution < 1.29 is 0 Å². The summed E-state index contributed by atoms with van der Waals surface area (Å²) >= 11 is 1.68. The molecule has 1 aliphatic heterocycles. The van der Waals surface area contributed by atoms with Crippen molar-refractivity contribution >= 4 is 21.6 Å². The molecular weight excluding hydrogens is 344 g/mol. The predicted octanol–water partition coefficient (Wildman–Crippen LogP) is 3.53. The lowest BCUT2D eigenvalue weighted by molar-refractivity contribution is 0.158. The summed E-state index contributed by atoms with van der Waals surface area (Å²) in [6.45, 7) is 4.87. The predicted molar refractivity (Wildman–Crippen MR) is 102 cm³/mol. The molecule has 0 bridgehead atoms. The number of fused-ring (bicyclic) bond motifs is 2. The van der Waals surface area contributed by atoms with Crippen LogP contribution in [0.5, 0.6) is 0 Å². The van der Waals surface area contributed by atoms with Gasteiger partial charge < -0.3 is 0 Å². The molecule has 7 heteroatoms. The number of rotatable bonds is 3. The van der Waals surface area contributed by atoms with Crippen molar-refractivity contribution in [3.05, 3.63) is 59.6 Å². The van der Waals surface area contributed by atoms with Crippen molar-refractivity contribution in [3.8, 4) is 11.4 Å². The van der Waals surface area contributed by atoms with Crippen LogP contribution in [0, 0.1) is 0 Å². The van der Waals surface area contributed by atoms with Crippen LogP contribution in [-0.2, 0) is 13.1 Å². The lowest BCUT2D eigenvalue weighted by atomic mass is 10.1. The molecule has 5 rings (SSSR count). The lowest BCUT2D eigenvalue weighted by Crippen LogP contribution is -2.36. The summed E-state index contributed by atoms with van der Waals surface area (Å²) in [5, 5.41) is 4.66. The van der Waals surface area contributed by atoms with Crippen molar-refractivity contribution in [1.29, 1.82) is 0 Å². The second-order valence-corrected chi connectivity index (χ2v) is 7.42. The third-order valence-corrected chi connectivity index (χ3v) is 5.82. The van der Waals surface area contributed by atoms with Crippen LogP contribution in [0.2, 0.25) is 0 Å². The third-order valence-electron chi connectivity index (χ3n) is 5.01. The maximum atomic E-state index is 4.76. The normalized spacial score (nSPS) is 15.9. The minimum absolute atomic E-state index is 0.316. The first-order valence-electron chi connectivity index (χ1n) is 8.69. The summed E-state index contributed by atoms with van der Waals surface area (Å²) in [4.78, 5) is 15.7. The van der Waals surface area contributed by atoms with E-state index in [0.717, 1.165) is 42.4 Å². The van der Waals surface area contributed by atoms with E-state index in [9.17, 15) is 0 Å². The number of thiazole rings is 1. The van der Waals surface area contributed by atoms with Crippen LogP contribution in [0.4, 0.5) is 0 Å². The highest BCUT2D eigenvalue weighted by molar-refractivity contribution is 7.16. The Hall–Kier alpha value is -2.64. The Bertz CT molecular complexity index is 1050. The number of pyridine rings is 1. The second-order valence-electron chi connectivity index (χ2n) is 6.54. The highest BCUT2D eigenvalue weighted by atomic mass is 32.1. The Balaban J connectivity index is 1.40. The van der Waals surface area contributed by atoms with E-state index in [1.165, 1.54) is 10.3 Å². The molecule has 0 N–H and O–H groups in total. The Morgan fingerprint density at radius 3 is 2.88 bits per heavy atom. The fourth-order valence-electron chi connectivity index (χ4n) is 3.45. The first kappa shape index (κ1) is 15.6. The molecule has 26 heavy (non-hydrogen) atoms. The SMILES string of the molecule is CC(c1ccc2scnc2c1)N1CCn2nc(-c3ccncc3)nc2C1. The van der Waals surface area contributed by atoms with Gasteiger partial charge in [-0.25, -0.2) is 14.6 Å². The van der Waals surface area contributed by atoms with Crippen LogP contribution in [0.3, 0.4) is 0 Å². The zero-order valence-electron chi connectivity index (χ0n) is 14.4. The van der Waals surface area contributed by atoms with Crippen LogP contribution < -0.4 is 0 Å². The van der Waals surface area contributed by atoms with Gasteiger partial charge in [0.2, 0.25) is 0 Å². The van der Waals surface area contributed by atoms with Crippen LogP contribution >= 0.6 is 11.3 Å². The Morgan fingerprint density at radius 1 is 1.12 bits per heavy atom. The van der Waals surface area contributed by atoms with Crippen LogP contribution in [0.15, 0.2) is 48.2 Å². The summed E-state index contributed by atoms with van der Waals surface area (Å²) in [7, 11) is 0. The van der Waals surface area contributed by atoms with Gasteiger partial charge in [-0.2, -0.15) is 5.10 Å². The number of hydrogen-bond donors (Lipinski definition) is 0. The smallest absolute Gasteiger partial charge is 0.181 e. The summed E-state index contributed by atoms with van der Waals surface area (Å²) in [5.41, 5.74) is 5.30. The van der Waals surface area contributed by atoms with Crippen molar-refractivity contribution in [2.45, 2.75) is 26.1 Å². The molecule has 1 unspecified atom stereocenters. The van der Waals surface area contributed by atoms with Gasteiger partial charge in [0, 0.05) is 30.5 Å². The molecule has 4 heterocycles. The van der Waals surface area contributed by atoms with E-state index >= 15 is 0 Å². The largest absolute Gasteiger partial charge is 0.287 e. The standard InChI is InChI=1S/C19H18N6S/c1-13(15-2-3-17-16(10-15)21-12-26-17)24-8-9-25-18(11-24)22-19(23-25)14-4-6-20-7-5-14/h2-7,10,12-13H,8-9,11H2,1H3. The van der Waals surface area contributed by atoms with Crippen LogP contribution in [0.25, 0.3) is 21.6 Å². The van der Waals surface area contributed by atoms with Gasteiger partial charge in [-0.05, 0) is 36.8 Å². The summed E-state index contributed by atoms with van der Waals surface area (Å²) in [6, 6.07) is 10.8. The van der Waals surface area contributed by atoms with Crippen molar-refractivity contribution in [2.24, 2.45) is 0 Å². The van der Waals surface area contributed by atoms with E-state index in [0.29, 0.717) is 6.04 Å². The summed E-state index contributed by atoms with van der Waals surface area (Å²) in [5.74, 6) is 1.80. The average molecular weight is 362 g/mol. The molecule has 1 aromatic carbocycles. The van der Waals surface area contributed by atoms with Crippen LogP contribution in [-0.4, -0.2) is 36.2 Å². The van der Waals surface area contributed by atoms with Crippen molar-refractivity contribution in [3.63, 3.8) is 0 Å². The quantitative estimate of drug-likeness (QED) is 0.558. The van der Waals surface area contributed by atoms with Gasteiger partial charge in [-0.3, -0.25) is 9.88 Å². The summed E-state index contributed by atoms with van der Waals surface area (Å²) in [6.07, 6.45) is 3.55. The molecule has 130 valence electrons. The third kappa shape index (κ3) is 2.69. The van der Waals surface area contributed by atoms with Crippen molar-refractivity contribution in [1.82, 2.24) is 29.6 Å². The zero-order valence-corrected chi connectivity index (χ0v) is 15.2. The lowest BCUT2D eigenvalue weighted by Gasteiger charge is -2.32. The van der Waals surface area contributed by atoms with E-state index in [2.05, 4.69) is 45.1 Å². The van der Waals surface area contributed by atoms with E-state index in [4.69, 9.17) is 4.98 Å². The van der Waals surface area contributed by atoms with Gasteiger partial charge in [0.1, 0.15) is 5.82 Å². The number of aromatic nitrogens is 5. The Labute approximate surface area is 155 Å². The Morgan fingerprint density at radius 2 is 2.00 bits per heavy atom. The van der Waals surface area contributed by atoms with E-state index < -0.39 is 0 Å². The molecule has 0 saturated carbocycles. The van der Waals surface area contributed by atoms with Gasteiger partial charge in [0.15, 0.2) is 5.82 Å². The maximum Gasteiger partial charge on any atom is 0.181 e. The van der Waals surface area contributed by atoms with Gasteiger partial charge in [-0.1, -0.05) is 6.07 Å². The van der Waals surface area contributed by atoms with E-state index in [1.54, 1.807) is 23.7 Å². The van der Waals surface area contributed by atoms with E-state index in [-0.39, 0.29) is 0 Å². The number of nitrogens with zero attached hydrogens (tertiary/aromatic N) is 6. The Kier molecular flexibility index (Phi) is 3.76. The van der Waals surface area contributed by atoms with Crippen LogP contribution in [0.1, 0.15) is 24.4 Å². The fraction of sp³-hybridized carbons (Fsp3) is 0.263. The maximum absolute atomic E-state index is 4.76. The molecule has 6 nitrogen and oxygen atoms in total. The van der Waals surface area contributed by atoms with Gasteiger partial charge in [0.25, 0.3) is 0 Å². The first-order chi connectivity index (χ1) is 12.8. The number of hydrogen-bond acceptors (Lipinski definition) is 6.